The molecule has 2 amide bonds. The van der Waals surface area contributed by atoms with Crippen LogP contribution < -0.4 is 10.6 Å². The summed E-state index contributed by atoms with van der Waals surface area (Å²) in [6, 6.07) is 15.0. The van der Waals surface area contributed by atoms with Gasteiger partial charge in [0, 0.05) is 55.0 Å². The molecule has 38 heavy (non-hydrogen) atoms. The lowest BCUT2D eigenvalue weighted by atomic mass is 10.0. The number of ether oxygens (including phenoxy) is 1. The first-order valence-corrected chi connectivity index (χ1v) is 12.6. The molecule has 0 saturated heterocycles. The van der Waals surface area contributed by atoms with E-state index in [4.69, 9.17) is 9.72 Å². The predicted molar refractivity (Wildman–Crippen MR) is 144 cm³/mol. The Hall–Kier alpha value is -4.73. The van der Waals surface area contributed by atoms with Gasteiger partial charge in [0.2, 0.25) is 5.95 Å². The lowest BCUT2D eigenvalue weighted by molar-refractivity contribution is 0.0953. The average molecular weight is 512 g/mol. The van der Waals surface area contributed by atoms with Crippen molar-refractivity contribution in [1.82, 2.24) is 29.8 Å². The number of nitrogens with zero attached hydrogens (tertiary/aromatic N) is 5. The highest BCUT2D eigenvalue weighted by atomic mass is 16.6. The zero-order valence-electron chi connectivity index (χ0n) is 21.1. The van der Waals surface area contributed by atoms with Crippen LogP contribution in [0, 0.1) is 0 Å². The normalized spacial score (nSPS) is 13.2. The van der Waals surface area contributed by atoms with Crippen LogP contribution in [0.3, 0.4) is 0 Å². The molecular formula is C28H29N7O3. The van der Waals surface area contributed by atoms with Gasteiger partial charge in [-0.15, -0.1) is 5.10 Å². The van der Waals surface area contributed by atoms with Crippen LogP contribution in [-0.4, -0.2) is 62.7 Å². The second-order valence-electron chi connectivity index (χ2n) is 8.81. The molecule has 4 heterocycles. The highest BCUT2D eigenvalue weighted by Crippen LogP contribution is 2.26. The fourth-order valence-corrected chi connectivity index (χ4v) is 4.31. The average Bonchev–Trinajstić information content (AvgIpc) is 3.37. The van der Waals surface area contributed by atoms with Gasteiger partial charge in [0.15, 0.2) is 5.65 Å². The van der Waals surface area contributed by atoms with E-state index >= 15 is 0 Å². The summed E-state index contributed by atoms with van der Waals surface area (Å²) < 4.78 is 6.84. The van der Waals surface area contributed by atoms with E-state index in [1.807, 2.05) is 48.7 Å². The standard InChI is InChI=1S/C28H29N7O3/c1-2-38-28(37)34-18-12-21(13-19-34)24-4-3-17-35-25(24)32-27(33-35)31-23-7-5-22(6-8-23)26(36)30-16-11-20-9-14-29-15-10-20/h3-10,12,14-15,17H,2,11,13,16,18-19H2,1H3,(H,30,36)(H,31,33). The molecule has 0 fully saturated rings. The predicted octanol–water partition coefficient (Wildman–Crippen LogP) is 4.09. The van der Waals surface area contributed by atoms with Crippen molar-refractivity contribution >= 4 is 34.9 Å². The molecule has 1 aliphatic rings. The van der Waals surface area contributed by atoms with Gasteiger partial charge in [-0.3, -0.25) is 9.78 Å². The van der Waals surface area contributed by atoms with E-state index in [-0.39, 0.29) is 12.0 Å². The van der Waals surface area contributed by atoms with Gasteiger partial charge in [-0.2, -0.15) is 4.98 Å². The SMILES string of the molecule is CCOC(=O)N1CC=C(c2cccn3nc(Nc4ccc(C(=O)NCCc5ccncc5)cc4)nc23)CC1. The zero-order chi connectivity index (χ0) is 26.3. The first kappa shape index (κ1) is 24.9. The number of anilines is 2. The molecule has 0 unspecified atom stereocenters. The summed E-state index contributed by atoms with van der Waals surface area (Å²) in [7, 11) is 0. The van der Waals surface area contributed by atoms with E-state index in [2.05, 4.69) is 20.7 Å². The zero-order valence-corrected chi connectivity index (χ0v) is 21.1. The summed E-state index contributed by atoms with van der Waals surface area (Å²) in [4.78, 5) is 34.9. The molecule has 1 aliphatic heterocycles. The number of carbonyl (C=O) groups excluding carboxylic acids is 2. The first-order chi connectivity index (χ1) is 18.6. The molecule has 2 N–H and O–H groups in total. The molecule has 0 saturated carbocycles. The quantitative estimate of drug-likeness (QED) is 0.366. The molecule has 0 atom stereocenters. The van der Waals surface area contributed by atoms with Gasteiger partial charge in [-0.1, -0.05) is 6.08 Å². The van der Waals surface area contributed by atoms with Crippen LogP contribution in [-0.2, 0) is 11.2 Å². The summed E-state index contributed by atoms with van der Waals surface area (Å²) in [5.41, 5.74) is 5.32. The van der Waals surface area contributed by atoms with Crippen molar-refractivity contribution in [3.63, 3.8) is 0 Å². The lowest BCUT2D eigenvalue weighted by Gasteiger charge is -2.25. The molecule has 1 aromatic carbocycles. The van der Waals surface area contributed by atoms with Crippen molar-refractivity contribution in [2.45, 2.75) is 19.8 Å². The number of aromatic nitrogens is 4. The van der Waals surface area contributed by atoms with Crippen LogP contribution in [0.5, 0.6) is 0 Å². The fraction of sp³-hybridized carbons (Fsp3) is 0.250. The maximum absolute atomic E-state index is 12.5. The van der Waals surface area contributed by atoms with Crippen LogP contribution in [0.15, 0.2) is 73.2 Å². The largest absolute Gasteiger partial charge is 0.450 e. The van der Waals surface area contributed by atoms with Crippen molar-refractivity contribution in [2.75, 3.05) is 31.6 Å². The van der Waals surface area contributed by atoms with Gasteiger partial charge in [0.25, 0.3) is 5.91 Å². The minimum absolute atomic E-state index is 0.122. The van der Waals surface area contributed by atoms with Crippen LogP contribution in [0.1, 0.15) is 34.8 Å². The number of benzene rings is 1. The lowest BCUT2D eigenvalue weighted by Crippen LogP contribution is -2.35. The smallest absolute Gasteiger partial charge is 0.410 e. The second kappa shape index (κ2) is 11.5. The summed E-state index contributed by atoms with van der Waals surface area (Å²) in [5.74, 6) is 0.333. The number of amides is 2. The number of fused-ring (bicyclic) bond motifs is 1. The molecule has 10 nitrogen and oxygen atoms in total. The van der Waals surface area contributed by atoms with Gasteiger partial charge in [0.05, 0.1) is 6.61 Å². The van der Waals surface area contributed by atoms with E-state index in [1.54, 1.807) is 40.9 Å². The van der Waals surface area contributed by atoms with Crippen LogP contribution in [0.25, 0.3) is 11.2 Å². The fourth-order valence-electron chi connectivity index (χ4n) is 4.31. The van der Waals surface area contributed by atoms with Crippen molar-refractivity contribution < 1.29 is 14.3 Å². The van der Waals surface area contributed by atoms with Crippen LogP contribution >= 0.6 is 0 Å². The van der Waals surface area contributed by atoms with Crippen molar-refractivity contribution in [3.8, 4) is 0 Å². The number of hydrogen-bond acceptors (Lipinski definition) is 7. The summed E-state index contributed by atoms with van der Waals surface area (Å²) in [6.07, 6.45) is 8.55. The second-order valence-corrected chi connectivity index (χ2v) is 8.81. The highest BCUT2D eigenvalue weighted by molar-refractivity contribution is 5.94. The number of pyridine rings is 2. The Morgan fingerprint density at radius 3 is 2.63 bits per heavy atom. The van der Waals surface area contributed by atoms with Crippen molar-refractivity contribution in [1.29, 1.82) is 0 Å². The molecule has 0 radical (unpaired) electrons. The molecule has 0 aliphatic carbocycles. The van der Waals surface area contributed by atoms with Gasteiger partial charge in [-0.05, 0) is 79.4 Å². The Balaban J connectivity index is 1.22. The Morgan fingerprint density at radius 1 is 1.08 bits per heavy atom. The maximum Gasteiger partial charge on any atom is 0.410 e. The summed E-state index contributed by atoms with van der Waals surface area (Å²) >= 11 is 0. The van der Waals surface area contributed by atoms with Gasteiger partial charge in [0.1, 0.15) is 0 Å². The van der Waals surface area contributed by atoms with E-state index in [1.165, 1.54) is 0 Å². The highest BCUT2D eigenvalue weighted by Gasteiger charge is 2.20. The first-order valence-electron chi connectivity index (χ1n) is 12.6. The summed E-state index contributed by atoms with van der Waals surface area (Å²) in [6.45, 7) is 3.81. The Kier molecular flexibility index (Phi) is 7.58. The third-order valence-electron chi connectivity index (χ3n) is 6.30. The van der Waals surface area contributed by atoms with Gasteiger partial charge in [-0.25, -0.2) is 9.31 Å². The number of rotatable bonds is 8. The number of nitrogens with one attached hydrogen (secondary N) is 2. The molecule has 194 valence electrons. The van der Waals surface area contributed by atoms with E-state index in [9.17, 15) is 9.59 Å². The third-order valence-corrected chi connectivity index (χ3v) is 6.30. The third kappa shape index (κ3) is 5.80. The molecule has 10 heteroatoms. The van der Waals surface area contributed by atoms with Crippen molar-refractivity contribution in [3.05, 3.63) is 89.9 Å². The minimum atomic E-state index is -0.288. The monoisotopic (exact) mass is 511 g/mol. The van der Waals surface area contributed by atoms with Gasteiger partial charge >= 0.3 is 6.09 Å². The molecule has 4 aromatic rings. The Morgan fingerprint density at radius 2 is 1.89 bits per heavy atom. The van der Waals surface area contributed by atoms with E-state index in [0.29, 0.717) is 44.2 Å². The van der Waals surface area contributed by atoms with E-state index in [0.717, 1.165) is 34.5 Å². The minimum Gasteiger partial charge on any atom is -0.450 e. The topological polar surface area (TPSA) is 114 Å². The van der Waals surface area contributed by atoms with Crippen LogP contribution in [0.2, 0.25) is 0 Å². The van der Waals surface area contributed by atoms with E-state index < -0.39 is 0 Å². The van der Waals surface area contributed by atoms with Crippen molar-refractivity contribution in [2.24, 2.45) is 0 Å². The van der Waals surface area contributed by atoms with Crippen LogP contribution in [0.4, 0.5) is 16.4 Å². The molecule has 0 spiro atoms. The molecule has 3 aromatic heterocycles. The molecule has 0 bridgehead atoms. The Bertz CT molecular complexity index is 1450. The molecule has 5 rings (SSSR count). The Labute approximate surface area is 220 Å². The number of carbonyl (C=O) groups is 2. The molecular weight excluding hydrogens is 482 g/mol. The maximum atomic E-state index is 12.5. The van der Waals surface area contributed by atoms with Gasteiger partial charge < -0.3 is 20.3 Å². The summed E-state index contributed by atoms with van der Waals surface area (Å²) in [5, 5.41) is 10.7. The number of hydrogen-bond donors (Lipinski definition) is 2.